The predicted molar refractivity (Wildman–Crippen MR) is 94.2 cm³/mol. The Morgan fingerprint density at radius 2 is 2.12 bits per heavy atom. The van der Waals surface area contributed by atoms with E-state index in [0.717, 1.165) is 63.3 Å². The highest BCUT2D eigenvalue weighted by Crippen LogP contribution is 2.35. The number of rotatable bonds is 3. The highest BCUT2D eigenvalue weighted by atomic mass is 32.1. The lowest BCUT2D eigenvalue weighted by Gasteiger charge is -2.31. The minimum Gasteiger partial charge on any atom is -0.379 e. The Kier molecular flexibility index (Phi) is 4.47. The standard InChI is InChI=1S/C17H23N5OS/c1-14-20-15(10-24-14)9-21-7-8-23-13-17(11-21)3-6-22(12-17)16-18-4-2-5-19-16/h2,4-5,10H,3,6-9,11-13H2,1H3/t17-/m1/s1. The third-order valence-electron chi connectivity index (χ3n) is 4.84. The topological polar surface area (TPSA) is 54.4 Å². The van der Waals surface area contributed by atoms with E-state index in [1.807, 2.05) is 18.5 Å². The number of ether oxygens (including phenoxy) is 1. The number of anilines is 1. The average Bonchev–Trinajstić information content (AvgIpc) is 3.13. The number of aryl methyl sites for hydroxylation is 1. The van der Waals surface area contributed by atoms with Crippen molar-refractivity contribution in [1.29, 1.82) is 0 Å². The van der Waals surface area contributed by atoms with Crippen LogP contribution in [-0.4, -0.2) is 59.2 Å². The van der Waals surface area contributed by atoms with Crippen LogP contribution in [0, 0.1) is 12.3 Å². The second-order valence-corrected chi connectivity index (χ2v) is 7.90. The third kappa shape index (κ3) is 3.43. The molecule has 0 bridgehead atoms. The molecule has 1 atom stereocenters. The second-order valence-electron chi connectivity index (χ2n) is 6.84. The molecule has 0 saturated carbocycles. The maximum Gasteiger partial charge on any atom is 0.225 e. The van der Waals surface area contributed by atoms with Crippen molar-refractivity contribution in [2.75, 3.05) is 44.3 Å². The number of hydrogen-bond acceptors (Lipinski definition) is 7. The Morgan fingerprint density at radius 3 is 2.92 bits per heavy atom. The first-order valence-electron chi connectivity index (χ1n) is 8.46. The monoisotopic (exact) mass is 345 g/mol. The van der Waals surface area contributed by atoms with E-state index in [0.29, 0.717) is 0 Å². The van der Waals surface area contributed by atoms with Gasteiger partial charge in [0.05, 0.1) is 23.9 Å². The highest BCUT2D eigenvalue weighted by molar-refractivity contribution is 7.09. The van der Waals surface area contributed by atoms with Crippen molar-refractivity contribution in [3.8, 4) is 0 Å². The maximum atomic E-state index is 5.96. The van der Waals surface area contributed by atoms with Crippen LogP contribution in [0.2, 0.25) is 0 Å². The Bertz CT molecular complexity index is 679. The molecular formula is C17H23N5OS. The summed E-state index contributed by atoms with van der Waals surface area (Å²) in [4.78, 5) is 18.2. The van der Waals surface area contributed by atoms with Crippen LogP contribution in [0.15, 0.2) is 23.8 Å². The van der Waals surface area contributed by atoms with Gasteiger partial charge in [-0.25, -0.2) is 15.0 Å². The summed E-state index contributed by atoms with van der Waals surface area (Å²) in [5.74, 6) is 0.834. The lowest BCUT2D eigenvalue weighted by Crippen LogP contribution is -2.40. The molecule has 2 saturated heterocycles. The highest BCUT2D eigenvalue weighted by Gasteiger charge is 2.41. The Labute approximate surface area is 146 Å². The normalized spacial score (nSPS) is 25.3. The van der Waals surface area contributed by atoms with Crippen molar-refractivity contribution < 1.29 is 4.74 Å². The molecule has 128 valence electrons. The Morgan fingerprint density at radius 1 is 1.25 bits per heavy atom. The van der Waals surface area contributed by atoms with Crippen LogP contribution < -0.4 is 4.90 Å². The lowest BCUT2D eigenvalue weighted by atomic mass is 9.87. The van der Waals surface area contributed by atoms with E-state index in [4.69, 9.17) is 4.74 Å². The molecule has 0 radical (unpaired) electrons. The molecule has 7 heteroatoms. The first kappa shape index (κ1) is 15.9. The van der Waals surface area contributed by atoms with Gasteiger partial charge in [0.1, 0.15) is 0 Å². The van der Waals surface area contributed by atoms with Crippen molar-refractivity contribution in [1.82, 2.24) is 19.9 Å². The van der Waals surface area contributed by atoms with Crippen LogP contribution in [0.3, 0.4) is 0 Å². The zero-order valence-corrected chi connectivity index (χ0v) is 14.8. The van der Waals surface area contributed by atoms with Crippen molar-refractivity contribution in [2.45, 2.75) is 19.9 Å². The SMILES string of the molecule is Cc1nc(CN2CCOC[C@]3(CCN(c4ncccn4)C3)C2)cs1. The van der Waals surface area contributed by atoms with Gasteiger partial charge in [0.25, 0.3) is 0 Å². The number of nitrogens with zero attached hydrogens (tertiary/aromatic N) is 5. The molecule has 2 aromatic heterocycles. The minimum absolute atomic E-state index is 0.167. The summed E-state index contributed by atoms with van der Waals surface area (Å²) in [6.45, 7) is 8.58. The molecule has 4 rings (SSSR count). The predicted octanol–water partition coefficient (Wildman–Crippen LogP) is 1.97. The zero-order chi connectivity index (χ0) is 16.4. The van der Waals surface area contributed by atoms with Gasteiger partial charge in [-0.2, -0.15) is 0 Å². The molecule has 0 amide bonds. The minimum atomic E-state index is 0.167. The largest absolute Gasteiger partial charge is 0.379 e. The second kappa shape index (κ2) is 6.74. The van der Waals surface area contributed by atoms with Gasteiger partial charge in [0, 0.05) is 55.9 Å². The van der Waals surface area contributed by atoms with Crippen molar-refractivity contribution in [2.24, 2.45) is 5.41 Å². The lowest BCUT2D eigenvalue weighted by molar-refractivity contribution is 0.0798. The quantitative estimate of drug-likeness (QED) is 0.848. The van der Waals surface area contributed by atoms with Crippen molar-refractivity contribution in [3.05, 3.63) is 34.5 Å². The molecule has 1 spiro atoms. The van der Waals surface area contributed by atoms with Gasteiger partial charge >= 0.3 is 0 Å². The summed E-state index contributed by atoms with van der Waals surface area (Å²) in [5, 5.41) is 3.31. The summed E-state index contributed by atoms with van der Waals surface area (Å²) in [5.41, 5.74) is 1.34. The van der Waals surface area contributed by atoms with Gasteiger partial charge in [0.15, 0.2) is 0 Å². The summed E-state index contributed by atoms with van der Waals surface area (Å²) in [6, 6.07) is 1.86. The van der Waals surface area contributed by atoms with Gasteiger partial charge in [-0.05, 0) is 19.4 Å². The van der Waals surface area contributed by atoms with E-state index in [2.05, 4.69) is 37.1 Å². The maximum absolute atomic E-state index is 5.96. The van der Waals surface area contributed by atoms with Crippen LogP contribution in [0.25, 0.3) is 0 Å². The molecular weight excluding hydrogens is 322 g/mol. The fourth-order valence-electron chi connectivity index (χ4n) is 3.73. The molecule has 0 aliphatic carbocycles. The first-order chi connectivity index (χ1) is 11.7. The van der Waals surface area contributed by atoms with E-state index in [9.17, 15) is 0 Å². The molecule has 2 aromatic rings. The summed E-state index contributed by atoms with van der Waals surface area (Å²) >= 11 is 1.73. The molecule has 6 nitrogen and oxygen atoms in total. The van der Waals surface area contributed by atoms with Gasteiger partial charge in [-0.15, -0.1) is 11.3 Å². The van der Waals surface area contributed by atoms with Crippen LogP contribution in [0.4, 0.5) is 5.95 Å². The Hall–Kier alpha value is -1.57. The molecule has 0 aromatic carbocycles. The smallest absolute Gasteiger partial charge is 0.225 e. The fraction of sp³-hybridized carbons (Fsp3) is 0.588. The van der Waals surface area contributed by atoms with Gasteiger partial charge in [-0.1, -0.05) is 0 Å². The van der Waals surface area contributed by atoms with Crippen LogP contribution in [0.5, 0.6) is 0 Å². The van der Waals surface area contributed by atoms with E-state index in [-0.39, 0.29) is 5.41 Å². The molecule has 0 N–H and O–H groups in total. The molecule has 4 heterocycles. The van der Waals surface area contributed by atoms with E-state index >= 15 is 0 Å². The van der Waals surface area contributed by atoms with Crippen molar-refractivity contribution in [3.63, 3.8) is 0 Å². The van der Waals surface area contributed by atoms with Gasteiger partial charge in [0.2, 0.25) is 5.95 Å². The number of hydrogen-bond donors (Lipinski definition) is 0. The zero-order valence-electron chi connectivity index (χ0n) is 14.0. The fourth-order valence-corrected chi connectivity index (χ4v) is 4.34. The average molecular weight is 345 g/mol. The molecule has 2 aliphatic rings. The van der Waals surface area contributed by atoms with Crippen LogP contribution in [-0.2, 0) is 11.3 Å². The molecule has 2 aliphatic heterocycles. The van der Waals surface area contributed by atoms with Gasteiger partial charge < -0.3 is 9.64 Å². The van der Waals surface area contributed by atoms with E-state index < -0.39 is 0 Å². The molecule has 24 heavy (non-hydrogen) atoms. The first-order valence-corrected chi connectivity index (χ1v) is 9.34. The van der Waals surface area contributed by atoms with Crippen molar-refractivity contribution >= 4 is 17.3 Å². The summed E-state index contributed by atoms with van der Waals surface area (Å²) in [7, 11) is 0. The molecule has 0 unspecified atom stereocenters. The van der Waals surface area contributed by atoms with Crippen LogP contribution >= 0.6 is 11.3 Å². The molecule has 2 fully saturated rings. The summed E-state index contributed by atoms with van der Waals surface area (Å²) in [6.07, 6.45) is 4.75. The Balaban J connectivity index is 1.46. The third-order valence-corrected chi connectivity index (χ3v) is 5.67. The number of aromatic nitrogens is 3. The van der Waals surface area contributed by atoms with Gasteiger partial charge in [-0.3, -0.25) is 4.90 Å². The van der Waals surface area contributed by atoms with E-state index in [1.54, 1.807) is 11.3 Å². The summed E-state index contributed by atoms with van der Waals surface area (Å²) < 4.78 is 5.96. The number of thiazole rings is 1. The van der Waals surface area contributed by atoms with Crippen LogP contribution in [0.1, 0.15) is 17.1 Å². The van der Waals surface area contributed by atoms with E-state index in [1.165, 1.54) is 5.69 Å².